The molecule has 0 spiro atoms. The van der Waals surface area contributed by atoms with Crippen LogP contribution in [0, 0.1) is 0 Å². The number of anilines is 1. The molecule has 1 atom stereocenters. The van der Waals surface area contributed by atoms with Gasteiger partial charge in [0.1, 0.15) is 0 Å². The van der Waals surface area contributed by atoms with E-state index in [0.29, 0.717) is 4.90 Å². The Hall–Kier alpha value is -1.33. The van der Waals surface area contributed by atoms with Crippen molar-refractivity contribution in [3.05, 3.63) is 58.6 Å². The molecule has 0 aromatic heterocycles. The van der Waals surface area contributed by atoms with Crippen molar-refractivity contribution in [1.29, 1.82) is 0 Å². The molecule has 1 N–H and O–H groups in total. The van der Waals surface area contributed by atoms with Crippen molar-refractivity contribution in [2.75, 3.05) is 11.1 Å². The van der Waals surface area contributed by atoms with Crippen molar-refractivity contribution in [2.24, 2.45) is 0 Å². The second-order valence-corrected chi connectivity index (χ2v) is 7.95. The minimum atomic E-state index is -3.18. The molecule has 2 aromatic carbocycles. The molecule has 0 amide bonds. The quantitative estimate of drug-likeness (QED) is 0.850. The molecule has 2 aromatic rings. The molecule has 0 fully saturated rings. The highest BCUT2D eigenvalue weighted by molar-refractivity contribution is 9.10. The topological polar surface area (TPSA) is 46.2 Å². The van der Waals surface area contributed by atoms with Crippen LogP contribution in [0.2, 0.25) is 0 Å². The Labute approximate surface area is 134 Å². The Morgan fingerprint density at radius 1 is 1.14 bits per heavy atom. The lowest BCUT2D eigenvalue weighted by molar-refractivity contribution is 0.597. The first-order valence-electron chi connectivity index (χ1n) is 6.78. The van der Waals surface area contributed by atoms with E-state index in [9.17, 15) is 8.42 Å². The van der Waals surface area contributed by atoms with Gasteiger partial charge in [-0.05, 0) is 46.6 Å². The molecule has 0 heterocycles. The van der Waals surface area contributed by atoms with Gasteiger partial charge in [0.2, 0.25) is 0 Å². The normalized spacial score (nSPS) is 12.9. The highest BCUT2D eigenvalue weighted by Crippen LogP contribution is 2.29. The average Bonchev–Trinajstić information content (AvgIpc) is 2.50. The summed E-state index contributed by atoms with van der Waals surface area (Å²) in [6, 6.07) is 15.3. The van der Waals surface area contributed by atoms with Gasteiger partial charge in [-0.15, -0.1) is 0 Å². The Balaban J connectivity index is 2.23. The van der Waals surface area contributed by atoms with Crippen molar-refractivity contribution in [3.8, 4) is 0 Å². The van der Waals surface area contributed by atoms with Crippen LogP contribution in [0.3, 0.4) is 0 Å². The summed E-state index contributed by atoms with van der Waals surface area (Å²) in [4.78, 5) is 0.342. The highest BCUT2D eigenvalue weighted by atomic mass is 79.9. The first-order chi connectivity index (χ1) is 9.94. The van der Waals surface area contributed by atoms with Gasteiger partial charge in [0, 0.05) is 16.2 Å². The van der Waals surface area contributed by atoms with Gasteiger partial charge in [-0.1, -0.05) is 37.3 Å². The molecule has 0 aliphatic rings. The second-order valence-electron chi connectivity index (χ2n) is 4.82. The maximum atomic E-state index is 11.9. The summed E-state index contributed by atoms with van der Waals surface area (Å²) >= 11 is 3.44. The van der Waals surface area contributed by atoms with E-state index in [1.54, 1.807) is 25.1 Å². The number of sulfone groups is 1. The van der Waals surface area contributed by atoms with Crippen LogP contribution in [0.5, 0.6) is 0 Å². The van der Waals surface area contributed by atoms with Crippen molar-refractivity contribution in [1.82, 2.24) is 0 Å². The Bertz CT molecular complexity index is 714. The Kier molecular flexibility index (Phi) is 5.06. The van der Waals surface area contributed by atoms with Crippen LogP contribution in [0.15, 0.2) is 57.9 Å². The molecule has 2 rings (SSSR count). The lowest BCUT2D eigenvalue weighted by Gasteiger charge is -2.17. The number of rotatable bonds is 5. The molecule has 3 nitrogen and oxygen atoms in total. The molecule has 0 saturated heterocycles. The van der Waals surface area contributed by atoms with Crippen LogP contribution in [0.1, 0.15) is 25.5 Å². The number of hydrogen-bond acceptors (Lipinski definition) is 3. The third-order valence-electron chi connectivity index (χ3n) is 3.35. The molecule has 0 aliphatic carbocycles. The number of nitrogens with one attached hydrogen (secondary N) is 1. The van der Waals surface area contributed by atoms with E-state index in [-0.39, 0.29) is 11.8 Å². The molecule has 0 aliphatic heterocycles. The third kappa shape index (κ3) is 3.86. The molecular weight excluding hydrogens is 350 g/mol. The minimum absolute atomic E-state index is 0.104. The van der Waals surface area contributed by atoms with E-state index in [1.807, 2.05) is 18.2 Å². The van der Waals surface area contributed by atoms with Gasteiger partial charge in [0.25, 0.3) is 0 Å². The van der Waals surface area contributed by atoms with Gasteiger partial charge in [-0.3, -0.25) is 0 Å². The molecule has 21 heavy (non-hydrogen) atoms. The monoisotopic (exact) mass is 367 g/mol. The Morgan fingerprint density at radius 2 is 1.81 bits per heavy atom. The van der Waals surface area contributed by atoms with Gasteiger partial charge in [-0.2, -0.15) is 0 Å². The van der Waals surface area contributed by atoms with Crippen molar-refractivity contribution < 1.29 is 8.42 Å². The van der Waals surface area contributed by atoms with E-state index >= 15 is 0 Å². The summed E-state index contributed by atoms with van der Waals surface area (Å²) in [5, 5.41) is 3.38. The molecular formula is C16H18BrNO2S. The van der Waals surface area contributed by atoms with Crippen LogP contribution in [-0.4, -0.2) is 14.2 Å². The van der Waals surface area contributed by atoms with Gasteiger partial charge in [0.15, 0.2) is 9.84 Å². The zero-order valence-corrected chi connectivity index (χ0v) is 14.4. The first kappa shape index (κ1) is 16.0. The summed E-state index contributed by atoms with van der Waals surface area (Å²) < 4.78 is 24.5. The largest absolute Gasteiger partial charge is 0.378 e. The number of benzene rings is 2. The fourth-order valence-corrected chi connectivity index (χ4v) is 3.58. The van der Waals surface area contributed by atoms with E-state index in [1.165, 1.54) is 5.56 Å². The summed E-state index contributed by atoms with van der Waals surface area (Å²) in [6.45, 7) is 3.71. The predicted molar refractivity (Wildman–Crippen MR) is 90.3 cm³/mol. The molecule has 112 valence electrons. The van der Waals surface area contributed by atoms with Gasteiger partial charge >= 0.3 is 0 Å². The fourth-order valence-electron chi connectivity index (χ4n) is 2.03. The SMILES string of the molecule is CCS(=O)(=O)c1ccc(NC(C)c2ccccc2)c(Br)c1. The van der Waals surface area contributed by atoms with E-state index in [4.69, 9.17) is 0 Å². The molecule has 0 bridgehead atoms. The van der Waals surface area contributed by atoms with Crippen molar-refractivity contribution in [2.45, 2.75) is 24.8 Å². The third-order valence-corrected chi connectivity index (χ3v) is 5.74. The van der Waals surface area contributed by atoms with Crippen LogP contribution < -0.4 is 5.32 Å². The zero-order chi connectivity index (χ0) is 15.5. The molecule has 1 unspecified atom stereocenters. The second kappa shape index (κ2) is 6.62. The standard InChI is InChI=1S/C16H18BrNO2S/c1-3-21(19,20)14-9-10-16(15(17)11-14)18-12(2)13-7-5-4-6-8-13/h4-12,18H,3H2,1-2H3. The van der Waals surface area contributed by atoms with Crippen LogP contribution in [-0.2, 0) is 9.84 Å². The lowest BCUT2D eigenvalue weighted by Crippen LogP contribution is -2.08. The summed E-state index contributed by atoms with van der Waals surface area (Å²) in [6.07, 6.45) is 0. The van der Waals surface area contributed by atoms with Crippen molar-refractivity contribution in [3.63, 3.8) is 0 Å². The fraction of sp³-hybridized carbons (Fsp3) is 0.250. The van der Waals surface area contributed by atoms with Gasteiger partial charge < -0.3 is 5.32 Å². The zero-order valence-electron chi connectivity index (χ0n) is 12.0. The van der Waals surface area contributed by atoms with Crippen LogP contribution in [0.4, 0.5) is 5.69 Å². The van der Waals surface area contributed by atoms with Gasteiger partial charge in [0.05, 0.1) is 10.6 Å². The van der Waals surface area contributed by atoms with E-state index in [0.717, 1.165) is 10.2 Å². The maximum Gasteiger partial charge on any atom is 0.178 e. The number of hydrogen-bond donors (Lipinski definition) is 1. The first-order valence-corrected chi connectivity index (χ1v) is 9.22. The highest BCUT2D eigenvalue weighted by Gasteiger charge is 2.14. The van der Waals surface area contributed by atoms with Gasteiger partial charge in [-0.25, -0.2) is 8.42 Å². The maximum absolute atomic E-state index is 11.9. The molecule has 0 saturated carbocycles. The van der Waals surface area contributed by atoms with Crippen LogP contribution >= 0.6 is 15.9 Å². The van der Waals surface area contributed by atoms with Crippen LogP contribution in [0.25, 0.3) is 0 Å². The summed E-state index contributed by atoms with van der Waals surface area (Å²) in [5.74, 6) is 0.104. The molecule has 5 heteroatoms. The Morgan fingerprint density at radius 3 is 2.38 bits per heavy atom. The summed E-state index contributed by atoms with van der Waals surface area (Å²) in [5.41, 5.74) is 2.05. The predicted octanol–water partition coefficient (Wildman–Crippen LogP) is 4.42. The summed E-state index contributed by atoms with van der Waals surface area (Å²) in [7, 11) is -3.18. The average molecular weight is 368 g/mol. The lowest BCUT2D eigenvalue weighted by atomic mass is 10.1. The molecule has 0 radical (unpaired) electrons. The minimum Gasteiger partial charge on any atom is -0.378 e. The van der Waals surface area contributed by atoms with E-state index < -0.39 is 9.84 Å². The van der Waals surface area contributed by atoms with Crippen molar-refractivity contribution >= 4 is 31.5 Å². The smallest absolute Gasteiger partial charge is 0.178 e. The van der Waals surface area contributed by atoms with E-state index in [2.05, 4.69) is 40.3 Å². The number of halogens is 1.